The van der Waals surface area contributed by atoms with Crippen molar-refractivity contribution >= 4 is 27.7 Å². The predicted molar refractivity (Wildman–Crippen MR) is 145 cm³/mol. The van der Waals surface area contributed by atoms with Gasteiger partial charge in [-0.3, -0.25) is 14.2 Å². The number of nitrogens with zero attached hydrogens (tertiary/aromatic N) is 4. The first-order chi connectivity index (χ1) is 17.7. The lowest BCUT2D eigenvalue weighted by molar-refractivity contribution is 0.0603. The van der Waals surface area contributed by atoms with Crippen molar-refractivity contribution < 1.29 is 9.18 Å². The first kappa shape index (κ1) is 26.6. The zero-order chi connectivity index (χ0) is 26.7. The Morgan fingerprint density at radius 2 is 1.89 bits per heavy atom. The number of aryl methyl sites for hydroxylation is 2. The molecule has 0 radical (unpaired) electrons. The van der Waals surface area contributed by atoms with Gasteiger partial charge in [-0.1, -0.05) is 43.7 Å². The van der Waals surface area contributed by atoms with E-state index in [0.717, 1.165) is 5.56 Å². The van der Waals surface area contributed by atoms with Gasteiger partial charge in [0.15, 0.2) is 4.83 Å². The first-order valence-electron chi connectivity index (χ1n) is 12.4. The highest BCUT2D eigenvalue weighted by atomic mass is 32.1. The summed E-state index contributed by atoms with van der Waals surface area (Å²) in [5.41, 5.74) is 8.45. The van der Waals surface area contributed by atoms with Crippen LogP contribution in [0.3, 0.4) is 0 Å². The van der Waals surface area contributed by atoms with Crippen LogP contribution < -0.4 is 11.3 Å². The molecule has 2 heterocycles. The van der Waals surface area contributed by atoms with E-state index in [1.807, 2.05) is 45.0 Å². The fourth-order valence-electron chi connectivity index (χ4n) is 4.57. The molecule has 0 saturated carbocycles. The van der Waals surface area contributed by atoms with Crippen molar-refractivity contribution in [2.75, 3.05) is 13.1 Å². The van der Waals surface area contributed by atoms with E-state index >= 15 is 0 Å². The molecule has 37 heavy (non-hydrogen) atoms. The van der Waals surface area contributed by atoms with E-state index in [0.29, 0.717) is 52.4 Å². The summed E-state index contributed by atoms with van der Waals surface area (Å²) in [7, 11) is 0. The zero-order valence-corrected chi connectivity index (χ0v) is 22.4. The van der Waals surface area contributed by atoms with Gasteiger partial charge in [-0.2, -0.15) is 4.37 Å². The number of halogens is 1. The van der Waals surface area contributed by atoms with Crippen LogP contribution in [0.5, 0.6) is 0 Å². The van der Waals surface area contributed by atoms with Crippen molar-refractivity contribution in [3.63, 3.8) is 0 Å². The number of aromatic nitrogens is 3. The van der Waals surface area contributed by atoms with Crippen LogP contribution in [0.25, 0.3) is 10.2 Å². The minimum absolute atomic E-state index is 0.0794. The zero-order valence-electron chi connectivity index (χ0n) is 21.6. The SMILES string of the molecule is Cc1ccc(C(=O)N(CCCN)C(c2nc3snc(C)c3c(=O)n2Cc2cccc(F)c2)C(C)C)cc1. The maximum absolute atomic E-state index is 14.0. The second-order valence-electron chi connectivity index (χ2n) is 9.64. The van der Waals surface area contributed by atoms with Crippen LogP contribution in [0.4, 0.5) is 4.39 Å². The summed E-state index contributed by atoms with van der Waals surface area (Å²) < 4.78 is 20.0. The molecule has 4 aromatic rings. The molecule has 0 fully saturated rings. The summed E-state index contributed by atoms with van der Waals surface area (Å²) in [6.45, 7) is 8.70. The fraction of sp³-hybridized carbons (Fsp3) is 0.357. The maximum Gasteiger partial charge on any atom is 0.264 e. The Labute approximate surface area is 219 Å². The van der Waals surface area contributed by atoms with Crippen LogP contribution in [0.2, 0.25) is 0 Å². The predicted octanol–water partition coefficient (Wildman–Crippen LogP) is 4.85. The van der Waals surface area contributed by atoms with Gasteiger partial charge in [0.05, 0.1) is 23.7 Å². The number of carbonyl (C=O) groups excluding carboxylic acids is 1. The Balaban J connectivity index is 1.91. The van der Waals surface area contributed by atoms with E-state index in [-0.39, 0.29) is 29.7 Å². The first-order valence-corrected chi connectivity index (χ1v) is 13.2. The number of rotatable bonds is 9. The molecule has 0 aliphatic carbocycles. The standard InChI is InChI=1S/C28H32FN5O2S/c1-17(2)24(33(14-6-13-30)27(35)21-11-9-18(3)10-12-21)25-31-26-23(19(4)32-37-26)28(36)34(25)16-20-7-5-8-22(29)15-20/h5,7-12,15,17,24H,6,13-14,16,30H2,1-4H3. The van der Waals surface area contributed by atoms with Crippen LogP contribution in [-0.2, 0) is 6.54 Å². The summed E-state index contributed by atoms with van der Waals surface area (Å²) in [4.78, 5) is 34.9. The minimum Gasteiger partial charge on any atom is -0.330 e. The van der Waals surface area contributed by atoms with Crippen molar-refractivity contribution in [2.45, 2.75) is 46.7 Å². The number of carbonyl (C=O) groups is 1. The number of hydrogen-bond acceptors (Lipinski definition) is 6. The van der Waals surface area contributed by atoms with E-state index in [1.165, 1.54) is 23.7 Å². The highest BCUT2D eigenvalue weighted by Gasteiger charge is 2.33. The van der Waals surface area contributed by atoms with Gasteiger partial charge in [0.2, 0.25) is 0 Å². The van der Waals surface area contributed by atoms with Crippen molar-refractivity contribution in [3.8, 4) is 0 Å². The molecule has 0 saturated heterocycles. The second kappa shape index (κ2) is 11.3. The molecule has 9 heteroatoms. The topological polar surface area (TPSA) is 94.1 Å². The second-order valence-corrected chi connectivity index (χ2v) is 10.4. The van der Waals surface area contributed by atoms with Crippen molar-refractivity contribution in [1.82, 2.24) is 18.8 Å². The normalized spacial score (nSPS) is 12.3. The maximum atomic E-state index is 14.0. The molecule has 1 atom stereocenters. The minimum atomic E-state index is -0.520. The van der Waals surface area contributed by atoms with E-state index in [4.69, 9.17) is 10.7 Å². The van der Waals surface area contributed by atoms with Gasteiger partial charge in [0.1, 0.15) is 11.6 Å². The van der Waals surface area contributed by atoms with Gasteiger partial charge < -0.3 is 10.6 Å². The van der Waals surface area contributed by atoms with E-state index < -0.39 is 6.04 Å². The summed E-state index contributed by atoms with van der Waals surface area (Å²) in [5.74, 6) is -0.157. The third kappa shape index (κ3) is 5.62. The van der Waals surface area contributed by atoms with E-state index in [1.54, 1.807) is 28.5 Å². The summed E-state index contributed by atoms with van der Waals surface area (Å²) in [5, 5.41) is 0.450. The Morgan fingerprint density at radius 1 is 1.16 bits per heavy atom. The molecule has 2 N–H and O–H groups in total. The number of nitrogens with two attached hydrogens (primary N) is 1. The summed E-state index contributed by atoms with van der Waals surface area (Å²) >= 11 is 1.17. The van der Waals surface area contributed by atoms with Gasteiger partial charge in [-0.05, 0) is 74.1 Å². The molecule has 194 valence electrons. The largest absolute Gasteiger partial charge is 0.330 e. The lowest BCUT2D eigenvalue weighted by Gasteiger charge is -2.35. The van der Waals surface area contributed by atoms with Gasteiger partial charge >= 0.3 is 0 Å². The van der Waals surface area contributed by atoms with Crippen molar-refractivity contribution in [1.29, 1.82) is 0 Å². The molecule has 4 rings (SSSR count). The number of fused-ring (bicyclic) bond motifs is 1. The van der Waals surface area contributed by atoms with Gasteiger partial charge in [0, 0.05) is 12.1 Å². The molecule has 0 aliphatic rings. The Hall–Kier alpha value is -3.43. The average molecular weight is 522 g/mol. The molecule has 2 aromatic carbocycles. The quantitative estimate of drug-likeness (QED) is 0.340. The fourth-order valence-corrected chi connectivity index (χ4v) is 5.34. The molecule has 1 amide bonds. The molecular weight excluding hydrogens is 489 g/mol. The highest BCUT2D eigenvalue weighted by molar-refractivity contribution is 7.12. The molecular formula is C28H32FN5O2S. The smallest absolute Gasteiger partial charge is 0.264 e. The molecule has 0 bridgehead atoms. The number of amides is 1. The highest BCUT2D eigenvalue weighted by Crippen LogP contribution is 2.31. The Kier molecular flexibility index (Phi) is 8.14. The van der Waals surface area contributed by atoms with Crippen LogP contribution in [0.15, 0.2) is 53.3 Å². The van der Waals surface area contributed by atoms with Crippen molar-refractivity contribution in [3.05, 3.63) is 92.9 Å². The Morgan fingerprint density at radius 3 is 2.54 bits per heavy atom. The Bertz CT molecular complexity index is 1460. The summed E-state index contributed by atoms with van der Waals surface area (Å²) in [6, 6.07) is 13.1. The molecule has 7 nitrogen and oxygen atoms in total. The van der Waals surface area contributed by atoms with E-state index in [2.05, 4.69) is 4.37 Å². The molecule has 1 unspecified atom stereocenters. The van der Waals surface area contributed by atoms with Gasteiger partial charge in [-0.15, -0.1) is 0 Å². The number of benzene rings is 2. The monoisotopic (exact) mass is 521 g/mol. The third-order valence-corrected chi connectivity index (χ3v) is 7.25. The van der Waals surface area contributed by atoms with Crippen LogP contribution in [-0.4, -0.2) is 37.8 Å². The van der Waals surface area contributed by atoms with Crippen LogP contribution in [0.1, 0.15) is 59.3 Å². The van der Waals surface area contributed by atoms with Crippen LogP contribution in [0, 0.1) is 25.6 Å². The molecule has 2 aromatic heterocycles. The van der Waals surface area contributed by atoms with Crippen molar-refractivity contribution in [2.24, 2.45) is 11.7 Å². The van der Waals surface area contributed by atoms with E-state index in [9.17, 15) is 14.0 Å². The third-order valence-electron chi connectivity index (χ3n) is 6.42. The number of hydrogen-bond donors (Lipinski definition) is 1. The van der Waals surface area contributed by atoms with Crippen LogP contribution >= 0.6 is 11.5 Å². The average Bonchev–Trinajstić information content (AvgIpc) is 3.24. The van der Waals surface area contributed by atoms with Gasteiger partial charge in [0.25, 0.3) is 11.5 Å². The van der Waals surface area contributed by atoms with Gasteiger partial charge in [-0.25, -0.2) is 9.37 Å². The lowest BCUT2D eigenvalue weighted by atomic mass is 9.98. The molecule has 0 spiro atoms. The lowest BCUT2D eigenvalue weighted by Crippen LogP contribution is -2.42. The summed E-state index contributed by atoms with van der Waals surface area (Å²) in [6.07, 6.45) is 0.594. The molecule has 0 aliphatic heterocycles.